The number of benzene rings is 2. The Labute approximate surface area is 207 Å². The Kier molecular flexibility index (Phi) is 7.84. The first-order valence-electron chi connectivity index (χ1n) is 11.4. The lowest BCUT2D eigenvalue weighted by atomic mass is 10.1. The summed E-state index contributed by atoms with van der Waals surface area (Å²) in [6, 6.07) is 12.6. The number of amides is 3. The van der Waals surface area contributed by atoms with E-state index in [1.807, 2.05) is 25.1 Å². The van der Waals surface area contributed by atoms with Crippen molar-refractivity contribution in [1.29, 1.82) is 0 Å². The van der Waals surface area contributed by atoms with Gasteiger partial charge < -0.3 is 25.0 Å². The number of nitrogens with one attached hydrogen (secondary N) is 2. The molecular weight excluding hydrogens is 502 g/mol. The van der Waals surface area contributed by atoms with Gasteiger partial charge in [-0.2, -0.15) is 0 Å². The number of ether oxygens (including phenoxy) is 2. The molecule has 2 saturated heterocycles. The van der Waals surface area contributed by atoms with E-state index in [9.17, 15) is 14.4 Å². The molecule has 2 aliphatic heterocycles. The van der Waals surface area contributed by atoms with Crippen molar-refractivity contribution in [2.75, 3.05) is 36.5 Å². The largest absolute Gasteiger partial charge is 0.484 e. The van der Waals surface area contributed by atoms with Crippen LogP contribution in [-0.2, 0) is 19.1 Å². The van der Waals surface area contributed by atoms with Crippen LogP contribution in [0, 0.1) is 12.8 Å². The molecule has 3 amide bonds. The first-order valence-corrected chi connectivity index (χ1v) is 12.2. The van der Waals surface area contributed by atoms with E-state index in [1.54, 1.807) is 29.2 Å². The van der Waals surface area contributed by atoms with Crippen LogP contribution >= 0.6 is 15.9 Å². The van der Waals surface area contributed by atoms with Gasteiger partial charge in [0.2, 0.25) is 11.8 Å². The minimum Gasteiger partial charge on any atom is -0.484 e. The molecule has 4 rings (SSSR count). The summed E-state index contributed by atoms with van der Waals surface area (Å²) in [7, 11) is 0. The Morgan fingerprint density at radius 3 is 2.71 bits per heavy atom. The van der Waals surface area contributed by atoms with Crippen molar-refractivity contribution in [3.05, 3.63) is 52.5 Å². The van der Waals surface area contributed by atoms with Crippen molar-refractivity contribution in [3.63, 3.8) is 0 Å². The fourth-order valence-corrected chi connectivity index (χ4v) is 4.60. The molecule has 0 radical (unpaired) electrons. The van der Waals surface area contributed by atoms with Crippen LogP contribution in [-0.4, -0.2) is 50.1 Å². The van der Waals surface area contributed by atoms with Gasteiger partial charge in [-0.3, -0.25) is 14.4 Å². The Bertz CT molecular complexity index is 1050. The second-order valence-electron chi connectivity index (χ2n) is 8.58. The van der Waals surface area contributed by atoms with Gasteiger partial charge in [-0.15, -0.1) is 0 Å². The molecule has 2 atom stereocenters. The van der Waals surface area contributed by atoms with Crippen molar-refractivity contribution < 1.29 is 23.9 Å². The Balaban J connectivity index is 1.26. The smallest absolute Gasteiger partial charge is 0.262 e. The normalized spacial score (nSPS) is 19.8. The summed E-state index contributed by atoms with van der Waals surface area (Å²) >= 11 is 3.40. The van der Waals surface area contributed by atoms with Crippen LogP contribution in [0.5, 0.6) is 5.75 Å². The third-order valence-electron chi connectivity index (χ3n) is 6.00. The summed E-state index contributed by atoms with van der Waals surface area (Å²) in [6.45, 7) is 3.35. The van der Waals surface area contributed by atoms with Crippen molar-refractivity contribution in [2.45, 2.75) is 32.3 Å². The predicted octanol–water partition coefficient (Wildman–Crippen LogP) is 3.42. The Hall–Kier alpha value is -2.91. The molecule has 0 bridgehead atoms. The van der Waals surface area contributed by atoms with Gasteiger partial charge in [0.05, 0.1) is 12.0 Å². The van der Waals surface area contributed by atoms with E-state index in [2.05, 4.69) is 26.6 Å². The summed E-state index contributed by atoms with van der Waals surface area (Å²) in [6.07, 6.45) is 2.23. The summed E-state index contributed by atoms with van der Waals surface area (Å²) in [5, 5.41) is 5.75. The van der Waals surface area contributed by atoms with E-state index in [0.29, 0.717) is 24.5 Å². The molecule has 0 aromatic heterocycles. The third kappa shape index (κ3) is 6.15. The lowest BCUT2D eigenvalue weighted by Crippen LogP contribution is -2.37. The molecule has 180 valence electrons. The molecule has 8 nitrogen and oxygen atoms in total. The number of nitrogens with zero attached hydrogens (tertiary/aromatic N) is 1. The summed E-state index contributed by atoms with van der Waals surface area (Å²) < 4.78 is 12.1. The number of rotatable bonds is 8. The van der Waals surface area contributed by atoms with Gasteiger partial charge in [-0.05, 0) is 67.8 Å². The standard InChI is InChI=1S/C25H28BrN3O5/c1-16-11-18(26)4-9-22(16)28-23(30)15-34-20-7-5-19(6-8-20)29-14-17(12-24(29)31)25(32)27-13-21-3-2-10-33-21/h4-9,11,17,21H,2-3,10,12-15H2,1H3,(H,27,32)(H,28,30)/t17-,21+/m1/s1. The number of carbonyl (C=O) groups excluding carboxylic acids is 3. The van der Waals surface area contributed by atoms with Crippen LogP contribution < -0.4 is 20.3 Å². The van der Waals surface area contributed by atoms with Gasteiger partial charge in [0.25, 0.3) is 5.91 Å². The van der Waals surface area contributed by atoms with E-state index >= 15 is 0 Å². The molecule has 2 N–H and O–H groups in total. The average Bonchev–Trinajstić information content (AvgIpc) is 3.48. The molecule has 2 aromatic carbocycles. The van der Waals surface area contributed by atoms with E-state index < -0.39 is 0 Å². The number of hydrogen-bond donors (Lipinski definition) is 2. The molecule has 0 aliphatic carbocycles. The monoisotopic (exact) mass is 529 g/mol. The van der Waals surface area contributed by atoms with Crippen LogP contribution in [0.25, 0.3) is 0 Å². The van der Waals surface area contributed by atoms with Crippen molar-refractivity contribution in [3.8, 4) is 5.75 Å². The zero-order valence-corrected chi connectivity index (χ0v) is 20.6. The van der Waals surface area contributed by atoms with Crippen molar-refractivity contribution in [1.82, 2.24) is 5.32 Å². The van der Waals surface area contributed by atoms with Gasteiger partial charge in [-0.1, -0.05) is 15.9 Å². The number of anilines is 2. The zero-order chi connectivity index (χ0) is 24.1. The molecule has 2 fully saturated rings. The van der Waals surface area contributed by atoms with E-state index in [4.69, 9.17) is 9.47 Å². The second kappa shape index (κ2) is 11.0. The predicted molar refractivity (Wildman–Crippen MR) is 132 cm³/mol. The Morgan fingerprint density at radius 2 is 2.00 bits per heavy atom. The molecule has 0 spiro atoms. The maximum atomic E-state index is 12.5. The number of carbonyl (C=O) groups is 3. The highest BCUT2D eigenvalue weighted by atomic mass is 79.9. The van der Waals surface area contributed by atoms with Gasteiger partial charge in [0, 0.05) is 42.0 Å². The summed E-state index contributed by atoms with van der Waals surface area (Å²) in [5.74, 6) is -0.325. The highest BCUT2D eigenvalue weighted by molar-refractivity contribution is 9.10. The highest BCUT2D eigenvalue weighted by Crippen LogP contribution is 2.27. The topological polar surface area (TPSA) is 97.0 Å². The van der Waals surface area contributed by atoms with Crippen LogP contribution in [0.2, 0.25) is 0 Å². The minimum absolute atomic E-state index is 0.0747. The SMILES string of the molecule is Cc1cc(Br)ccc1NC(=O)COc1ccc(N2C[C@H](C(=O)NC[C@@H]3CCCO3)CC2=O)cc1. The maximum absolute atomic E-state index is 12.5. The lowest BCUT2D eigenvalue weighted by Gasteiger charge is -2.18. The van der Waals surface area contributed by atoms with Gasteiger partial charge >= 0.3 is 0 Å². The summed E-state index contributed by atoms with van der Waals surface area (Å²) in [4.78, 5) is 38.8. The molecule has 2 aromatic rings. The van der Waals surface area contributed by atoms with E-state index in [-0.39, 0.29) is 42.8 Å². The summed E-state index contributed by atoms with van der Waals surface area (Å²) in [5.41, 5.74) is 2.37. The van der Waals surface area contributed by atoms with Crippen molar-refractivity contribution in [2.24, 2.45) is 5.92 Å². The van der Waals surface area contributed by atoms with Gasteiger partial charge in [0.1, 0.15) is 5.75 Å². The highest BCUT2D eigenvalue weighted by Gasteiger charge is 2.35. The first-order chi connectivity index (χ1) is 16.4. The van der Waals surface area contributed by atoms with Crippen LogP contribution in [0.1, 0.15) is 24.8 Å². The number of hydrogen-bond acceptors (Lipinski definition) is 5. The quantitative estimate of drug-likeness (QED) is 0.546. The van der Waals surface area contributed by atoms with E-state index in [1.165, 1.54) is 0 Å². The average molecular weight is 530 g/mol. The molecule has 9 heteroatoms. The molecule has 0 saturated carbocycles. The van der Waals surface area contributed by atoms with E-state index in [0.717, 1.165) is 35.2 Å². The van der Waals surface area contributed by atoms with Crippen LogP contribution in [0.3, 0.4) is 0 Å². The molecule has 0 unspecified atom stereocenters. The molecular formula is C25H28BrN3O5. The zero-order valence-electron chi connectivity index (χ0n) is 19.0. The molecule has 2 heterocycles. The maximum Gasteiger partial charge on any atom is 0.262 e. The van der Waals surface area contributed by atoms with Crippen LogP contribution in [0.15, 0.2) is 46.9 Å². The fraction of sp³-hybridized carbons (Fsp3) is 0.400. The third-order valence-corrected chi connectivity index (χ3v) is 6.50. The first kappa shape index (κ1) is 24.2. The number of halogens is 1. The fourth-order valence-electron chi connectivity index (χ4n) is 4.12. The lowest BCUT2D eigenvalue weighted by molar-refractivity contribution is -0.126. The van der Waals surface area contributed by atoms with Gasteiger partial charge in [0.15, 0.2) is 6.61 Å². The minimum atomic E-state index is -0.379. The molecule has 2 aliphatic rings. The second-order valence-corrected chi connectivity index (χ2v) is 9.49. The van der Waals surface area contributed by atoms with Crippen molar-refractivity contribution >= 4 is 45.0 Å². The van der Waals surface area contributed by atoms with Gasteiger partial charge in [-0.25, -0.2) is 0 Å². The Morgan fingerprint density at radius 1 is 1.21 bits per heavy atom. The number of aryl methyl sites for hydroxylation is 1. The van der Waals surface area contributed by atoms with Crippen LogP contribution in [0.4, 0.5) is 11.4 Å². The molecule has 34 heavy (non-hydrogen) atoms.